The van der Waals surface area contributed by atoms with Gasteiger partial charge in [-0.15, -0.1) is 0 Å². The molecule has 2 heterocycles. The molecule has 1 fully saturated rings. The molecule has 0 radical (unpaired) electrons. The number of aromatic nitrogens is 1. The zero-order valence-corrected chi connectivity index (χ0v) is 10.8. The first kappa shape index (κ1) is 12.4. The summed E-state index contributed by atoms with van der Waals surface area (Å²) in [6, 6.07) is 4.03. The van der Waals surface area contributed by atoms with Crippen LogP contribution < -0.4 is 4.90 Å². The van der Waals surface area contributed by atoms with E-state index in [1.807, 2.05) is 19.1 Å². The lowest BCUT2D eigenvalue weighted by Gasteiger charge is -2.22. The minimum atomic E-state index is 0.0795. The number of aliphatic hydroxyl groups excluding tert-OH is 1. The molecule has 0 aliphatic carbocycles. The molecule has 3 nitrogen and oxygen atoms in total. The number of aryl methyl sites for hydroxylation is 1. The van der Waals surface area contributed by atoms with Crippen LogP contribution in [-0.4, -0.2) is 23.2 Å². The van der Waals surface area contributed by atoms with Crippen molar-refractivity contribution in [1.82, 2.24) is 4.98 Å². The topological polar surface area (TPSA) is 36.4 Å². The molecule has 94 valence electrons. The number of anilines is 1. The number of rotatable bonds is 2. The van der Waals surface area contributed by atoms with E-state index in [4.69, 9.17) is 5.11 Å². The largest absolute Gasteiger partial charge is 0.392 e. The Morgan fingerprint density at radius 3 is 2.88 bits per heavy atom. The van der Waals surface area contributed by atoms with Gasteiger partial charge in [0.05, 0.1) is 6.61 Å². The first-order valence-electron chi connectivity index (χ1n) is 6.53. The smallest absolute Gasteiger partial charge is 0.128 e. The Hall–Kier alpha value is -1.09. The third-order valence-electron chi connectivity index (χ3n) is 3.69. The highest BCUT2D eigenvalue weighted by Gasteiger charge is 2.15. The van der Waals surface area contributed by atoms with Crippen LogP contribution in [0.2, 0.25) is 0 Å². The summed E-state index contributed by atoms with van der Waals surface area (Å²) in [5.74, 6) is 1.90. The summed E-state index contributed by atoms with van der Waals surface area (Å²) in [6.45, 7) is 6.59. The summed E-state index contributed by atoms with van der Waals surface area (Å²) < 4.78 is 0. The second-order valence-corrected chi connectivity index (χ2v) is 5.10. The van der Waals surface area contributed by atoms with Gasteiger partial charge in [-0.25, -0.2) is 4.98 Å². The molecule has 1 aliphatic rings. The lowest BCUT2D eigenvalue weighted by atomic mass is 10.0. The number of hydrogen-bond donors (Lipinski definition) is 1. The van der Waals surface area contributed by atoms with Gasteiger partial charge in [-0.05, 0) is 43.7 Å². The van der Waals surface area contributed by atoms with Crippen LogP contribution in [0.3, 0.4) is 0 Å². The van der Waals surface area contributed by atoms with Crippen molar-refractivity contribution in [3.05, 3.63) is 23.4 Å². The zero-order valence-electron chi connectivity index (χ0n) is 10.8. The van der Waals surface area contributed by atoms with Crippen LogP contribution in [0.25, 0.3) is 0 Å². The van der Waals surface area contributed by atoms with Crippen LogP contribution in [-0.2, 0) is 6.61 Å². The Bertz CT molecular complexity index is 378. The van der Waals surface area contributed by atoms with Crippen LogP contribution in [0.1, 0.15) is 37.4 Å². The highest BCUT2D eigenvalue weighted by molar-refractivity contribution is 5.41. The second kappa shape index (κ2) is 5.50. The molecule has 1 unspecified atom stereocenters. The number of pyridine rings is 1. The number of hydrogen-bond acceptors (Lipinski definition) is 3. The van der Waals surface area contributed by atoms with Gasteiger partial charge in [-0.2, -0.15) is 0 Å². The van der Waals surface area contributed by atoms with Gasteiger partial charge in [0.2, 0.25) is 0 Å². The molecule has 0 amide bonds. The number of nitrogens with zero attached hydrogens (tertiary/aromatic N) is 2. The van der Waals surface area contributed by atoms with E-state index >= 15 is 0 Å². The van der Waals surface area contributed by atoms with Crippen molar-refractivity contribution >= 4 is 5.82 Å². The molecule has 0 aromatic carbocycles. The molecular formula is C14H22N2O. The first-order valence-corrected chi connectivity index (χ1v) is 6.53. The van der Waals surface area contributed by atoms with Crippen molar-refractivity contribution in [2.45, 2.75) is 39.7 Å². The Morgan fingerprint density at radius 1 is 1.35 bits per heavy atom. The molecule has 1 saturated heterocycles. The van der Waals surface area contributed by atoms with E-state index in [-0.39, 0.29) is 6.61 Å². The first-order chi connectivity index (χ1) is 8.20. The van der Waals surface area contributed by atoms with Gasteiger partial charge in [-0.1, -0.05) is 13.0 Å². The van der Waals surface area contributed by atoms with Crippen LogP contribution in [0, 0.1) is 12.8 Å². The fourth-order valence-corrected chi connectivity index (χ4v) is 2.41. The monoisotopic (exact) mass is 234 g/mol. The molecule has 1 aromatic heterocycles. The van der Waals surface area contributed by atoms with Gasteiger partial charge in [0, 0.05) is 18.8 Å². The Labute approximate surface area is 103 Å². The van der Waals surface area contributed by atoms with E-state index < -0.39 is 0 Å². The maximum absolute atomic E-state index is 9.15. The highest BCUT2D eigenvalue weighted by atomic mass is 16.3. The van der Waals surface area contributed by atoms with Crippen molar-refractivity contribution in [2.24, 2.45) is 5.92 Å². The maximum Gasteiger partial charge on any atom is 0.128 e. The molecule has 0 bridgehead atoms. The van der Waals surface area contributed by atoms with Gasteiger partial charge < -0.3 is 10.0 Å². The lowest BCUT2D eigenvalue weighted by Crippen LogP contribution is -2.25. The van der Waals surface area contributed by atoms with E-state index in [0.717, 1.165) is 36.1 Å². The molecular weight excluding hydrogens is 212 g/mol. The normalized spacial score (nSPS) is 21.4. The highest BCUT2D eigenvalue weighted by Crippen LogP contribution is 2.22. The van der Waals surface area contributed by atoms with E-state index in [0.29, 0.717) is 0 Å². The quantitative estimate of drug-likeness (QED) is 0.854. The molecule has 1 aliphatic heterocycles. The average molecular weight is 234 g/mol. The van der Waals surface area contributed by atoms with Crippen molar-refractivity contribution in [1.29, 1.82) is 0 Å². The van der Waals surface area contributed by atoms with Crippen molar-refractivity contribution in [2.75, 3.05) is 18.0 Å². The van der Waals surface area contributed by atoms with E-state index in [1.54, 1.807) is 0 Å². The van der Waals surface area contributed by atoms with Gasteiger partial charge in [0.1, 0.15) is 5.82 Å². The Kier molecular flexibility index (Phi) is 4.00. The van der Waals surface area contributed by atoms with Crippen molar-refractivity contribution in [3.8, 4) is 0 Å². The summed E-state index contributed by atoms with van der Waals surface area (Å²) in [7, 11) is 0. The third-order valence-corrected chi connectivity index (χ3v) is 3.69. The Balaban J connectivity index is 2.13. The zero-order chi connectivity index (χ0) is 12.3. The second-order valence-electron chi connectivity index (χ2n) is 5.10. The summed E-state index contributed by atoms with van der Waals surface area (Å²) in [5, 5.41) is 9.15. The van der Waals surface area contributed by atoms with Crippen molar-refractivity contribution < 1.29 is 5.11 Å². The average Bonchev–Trinajstić information content (AvgIpc) is 2.54. The van der Waals surface area contributed by atoms with Crippen LogP contribution in [0.4, 0.5) is 5.82 Å². The molecule has 1 aromatic rings. The summed E-state index contributed by atoms with van der Waals surface area (Å²) in [6.07, 6.45) is 3.83. The fraction of sp³-hybridized carbons (Fsp3) is 0.643. The van der Waals surface area contributed by atoms with Gasteiger partial charge in [0.15, 0.2) is 0 Å². The predicted molar refractivity (Wildman–Crippen MR) is 70.1 cm³/mol. The SMILES string of the molecule is Cc1nc(N2CCCC(C)CC2)ccc1CO. The molecule has 17 heavy (non-hydrogen) atoms. The minimum Gasteiger partial charge on any atom is -0.392 e. The molecule has 3 heteroatoms. The maximum atomic E-state index is 9.15. The van der Waals surface area contributed by atoms with Crippen LogP contribution >= 0.6 is 0 Å². The van der Waals surface area contributed by atoms with Gasteiger partial charge in [0.25, 0.3) is 0 Å². The molecule has 2 rings (SSSR count). The molecule has 1 atom stereocenters. The van der Waals surface area contributed by atoms with Gasteiger partial charge in [-0.3, -0.25) is 0 Å². The van der Waals surface area contributed by atoms with E-state index in [1.165, 1.54) is 19.3 Å². The van der Waals surface area contributed by atoms with Gasteiger partial charge >= 0.3 is 0 Å². The minimum absolute atomic E-state index is 0.0795. The van der Waals surface area contributed by atoms with Crippen molar-refractivity contribution in [3.63, 3.8) is 0 Å². The molecule has 0 spiro atoms. The Morgan fingerprint density at radius 2 is 2.18 bits per heavy atom. The molecule has 1 N–H and O–H groups in total. The fourth-order valence-electron chi connectivity index (χ4n) is 2.41. The predicted octanol–water partition coefficient (Wildman–Crippen LogP) is 2.51. The van der Waals surface area contributed by atoms with Crippen LogP contribution in [0.5, 0.6) is 0 Å². The van der Waals surface area contributed by atoms with E-state index in [2.05, 4.69) is 16.8 Å². The van der Waals surface area contributed by atoms with E-state index in [9.17, 15) is 0 Å². The summed E-state index contributed by atoms with van der Waals surface area (Å²) in [4.78, 5) is 6.97. The third kappa shape index (κ3) is 2.97. The van der Waals surface area contributed by atoms with Crippen LogP contribution in [0.15, 0.2) is 12.1 Å². The standard InChI is InChI=1S/C14H22N2O/c1-11-4-3-8-16(9-7-11)14-6-5-13(10-17)12(2)15-14/h5-6,11,17H,3-4,7-10H2,1-2H3. The molecule has 0 saturated carbocycles. The summed E-state index contributed by atoms with van der Waals surface area (Å²) >= 11 is 0. The summed E-state index contributed by atoms with van der Waals surface area (Å²) in [5.41, 5.74) is 1.87. The lowest BCUT2D eigenvalue weighted by molar-refractivity contribution is 0.280. The number of aliphatic hydroxyl groups is 1.